The van der Waals surface area contributed by atoms with Gasteiger partial charge in [0.2, 0.25) is 0 Å². The molecule has 0 fully saturated rings. The summed E-state index contributed by atoms with van der Waals surface area (Å²) in [5, 5.41) is 3.29. The number of benzene rings is 2. The largest absolute Gasteiger partial charge is 0.497 e. The first kappa shape index (κ1) is 18.0. The molecule has 0 atom stereocenters. The second-order valence-electron chi connectivity index (χ2n) is 6.88. The third kappa shape index (κ3) is 3.98. The topological polar surface area (TPSA) is 54.5 Å². The van der Waals surface area contributed by atoms with Crippen LogP contribution in [0, 0.1) is 0 Å². The molecular formula is C23H23N3O2. The van der Waals surface area contributed by atoms with Crippen molar-refractivity contribution in [1.82, 2.24) is 9.88 Å². The van der Waals surface area contributed by atoms with E-state index in [0.717, 1.165) is 24.3 Å². The molecule has 0 saturated heterocycles. The molecule has 1 aromatic heterocycles. The minimum Gasteiger partial charge on any atom is -0.497 e. The van der Waals surface area contributed by atoms with Gasteiger partial charge in [-0.3, -0.25) is 4.79 Å². The molecule has 1 amide bonds. The lowest BCUT2D eigenvalue weighted by Crippen LogP contribution is -2.35. The maximum absolute atomic E-state index is 13.0. The van der Waals surface area contributed by atoms with Crippen molar-refractivity contribution in [3.8, 4) is 5.75 Å². The number of pyridine rings is 1. The molecule has 0 aliphatic carbocycles. The minimum atomic E-state index is 0.0457. The Bertz CT molecular complexity index is 970. The number of carbonyl (C=O) groups excluding carboxylic acids is 1. The van der Waals surface area contributed by atoms with E-state index < -0.39 is 0 Å². The Morgan fingerprint density at radius 1 is 1.11 bits per heavy atom. The van der Waals surface area contributed by atoms with Crippen molar-refractivity contribution in [3.05, 3.63) is 89.1 Å². The van der Waals surface area contributed by atoms with E-state index in [1.165, 1.54) is 11.1 Å². The molecule has 0 saturated carbocycles. The number of hydrogen-bond acceptors (Lipinski definition) is 4. The number of aromatic nitrogens is 1. The van der Waals surface area contributed by atoms with Crippen molar-refractivity contribution < 1.29 is 9.53 Å². The van der Waals surface area contributed by atoms with Gasteiger partial charge >= 0.3 is 0 Å². The summed E-state index contributed by atoms with van der Waals surface area (Å²) in [6, 6.07) is 19.8. The average Bonchev–Trinajstić information content (AvgIpc) is 2.77. The molecule has 4 rings (SSSR count). The van der Waals surface area contributed by atoms with E-state index in [-0.39, 0.29) is 5.91 Å². The Balaban J connectivity index is 1.42. The number of rotatable bonds is 5. The number of ether oxygens (including phenoxy) is 1. The van der Waals surface area contributed by atoms with Gasteiger partial charge in [0.05, 0.1) is 7.11 Å². The number of amides is 1. The zero-order valence-corrected chi connectivity index (χ0v) is 15.9. The molecule has 142 valence electrons. The number of hydrogen-bond donors (Lipinski definition) is 1. The summed E-state index contributed by atoms with van der Waals surface area (Å²) in [5.41, 5.74) is 4.34. The van der Waals surface area contributed by atoms with Crippen molar-refractivity contribution >= 4 is 11.7 Å². The number of fused-ring (bicyclic) bond motifs is 1. The van der Waals surface area contributed by atoms with Gasteiger partial charge in [-0.15, -0.1) is 0 Å². The Hall–Kier alpha value is -3.34. The lowest BCUT2D eigenvalue weighted by Gasteiger charge is -2.29. The first-order chi connectivity index (χ1) is 13.7. The fourth-order valence-corrected chi connectivity index (χ4v) is 3.45. The van der Waals surface area contributed by atoms with Gasteiger partial charge < -0.3 is 15.0 Å². The second kappa shape index (κ2) is 8.13. The van der Waals surface area contributed by atoms with Gasteiger partial charge in [0, 0.05) is 31.4 Å². The highest BCUT2D eigenvalue weighted by Gasteiger charge is 2.21. The summed E-state index contributed by atoms with van der Waals surface area (Å²) in [6.45, 7) is 2.03. The van der Waals surface area contributed by atoms with E-state index in [4.69, 9.17) is 4.74 Å². The number of nitrogens with zero attached hydrogens (tertiary/aromatic N) is 2. The first-order valence-electron chi connectivity index (χ1n) is 9.42. The van der Waals surface area contributed by atoms with Crippen LogP contribution in [-0.4, -0.2) is 29.4 Å². The summed E-state index contributed by atoms with van der Waals surface area (Å²) in [4.78, 5) is 19.2. The van der Waals surface area contributed by atoms with Gasteiger partial charge in [0.1, 0.15) is 11.6 Å². The Labute approximate surface area is 165 Å². The Kier molecular flexibility index (Phi) is 5.24. The van der Waals surface area contributed by atoms with Gasteiger partial charge in [-0.05, 0) is 47.4 Å². The minimum absolute atomic E-state index is 0.0457. The molecule has 0 unspecified atom stereocenters. The van der Waals surface area contributed by atoms with Crippen LogP contribution in [-0.2, 0) is 19.5 Å². The van der Waals surface area contributed by atoms with Crippen molar-refractivity contribution in [3.63, 3.8) is 0 Å². The van der Waals surface area contributed by atoms with Crippen LogP contribution in [0.3, 0.4) is 0 Å². The fourth-order valence-electron chi connectivity index (χ4n) is 3.45. The van der Waals surface area contributed by atoms with Crippen LogP contribution in [0.25, 0.3) is 0 Å². The van der Waals surface area contributed by atoms with Crippen LogP contribution in [0.5, 0.6) is 5.75 Å². The van der Waals surface area contributed by atoms with Gasteiger partial charge in [0.25, 0.3) is 5.91 Å². The predicted molar refractivity (Wildman–Crippen MR) is 109 cm³/mol. The average molecular weight is 373 g/mol. The van der Waals surface area contributed by atoms with E-state index in [1.54, 1.807) is 19.4 Å². The summed E-state index contributed by atoms with van der Waals surface area (Å²) in [6.07, 6.45) is 2.58. The quantitative estimate of drug-likeness (QED) is 0.737. The molecule has 0 radical (unpaired) electrons. The molecule has 1 N–H and O–H groups in total. The highest BCUT2D eigenvalue weighted by atomic mass is 16.5. The number of carbonyl (C=O) groups is 1. The molecular weight excluding hydrogens is 350 g/mol. The van der Waals surface area contributed by atoms with Crippen molar-refractivity contribution in [1.29, 1.82) is 0 Å². The van der Waals surface area contributed by atoms with Crippen LogP contribution in [0.15, 0.2) is 66.9 Å². The third-order valence-electron chi connectivity index (χ3n) is 5.06. The highest BCUT2D eigenvalue weighted by Crippen LogP contribution is 2.21. The Morgan fingerprint density at radius 3 is 2.68 bits per heavy atom. The van der Waals surface area contributed by atoms with E-state index in [9.17, 15) is 4.79 Å². The monoisotopic (exact) mass is 373 g/mol. The SMILES string of the molecule is COc1ccc(CNc2cc(C(=O)N3CCc4ccccc4C3)ccn2)cc1. The number of methoxy groups -OCH3 is 1. The highest BCUT2D eigenvalue weighted by molar-refractivity contribution is 5.95. The normalized spacial score (nSPS) is 13.0. The van der Waals surface area contributed by atoms with E-state index in [2.05, 4.69) is 28.5 Å². The zero-order valence-electron chi connectivity index (χ0n) is 15.9. The van der Waals surface area contributed by atoms with E-state index >= 15 is 0 Å². The molecule has 2 aromatic carbocycles. The summed E-state index contributed by atoms with van der Waals surface area (Å²) in [7, 11) is 1.65. The molecule has 1 aliphatic rings. The fraction of sp³-hybridized carbons (Fsp3) is 0.217. The smallest absolute Gasteiger partial charge is 0.254 e. The van der Waals surface area contributed by atoms with Crippen LogP contribution in [0.2, 0.25) is 0 Å². The van der Waals surface area contributed by atoms with Crippen LogP contribution >= 0.6 is 0 Å². The molecule has 28 heavy (non-hydrogen) atoms. The maximum atomic E-state index is 13.0. The molecule has 5 nitrogen and oxygen atoms in total. The molecule has 0 spiro atoms. The number of nitrogens with one attached hydrogen (secondary N) is 1. The Morgan fingerprint density at radius 2 is 1.89 bits per heavy atom. The second-order valence-corrected chi connectivity index (χ2v) is 6.88. The summed E-state index contributed by atoms with van der Waals surface area (Å²) < 4.78 is 5.18. The predicted octanol–water partition coefficient (Wildman–Crippen LogP) is 3.90. The lowest BCUT2D eigenvalue weighted by molar-refractivity contribution is 0.0734. The van der Waals surface area contributed by atoms with E-state index in [0.29, 0.717) is 24.5 Å². The number of anilines is 1. The lowest BCUT2D eigenvalue weighted by atomic mass is 9.99. The van der Waals surface area contributed by atoms with Gasteiger partial charge in [-0.2, -0.15) is 0 Å². The van der Waals surface area contributed by atoms with Crippen molar-refractivity contribution in [2.45, 2.75) is 19.5 Å². The summed E-state index contributed by atoms with van der Waals surface area (Å²) >= 11 is 0. The standard InChI is InChI=1S/C23H23N3O2/c1-28-21-8-6-17(7-9-21)15-25-22-14-19(10-12-24-22)23(27)26-13-11-18-4-2-3-5-20(18)16-26/h2-10,12,14H,11,13,15-16H2,1H3,(H,24,25). The van der Waals surface area contributed by atoms with Crippen LogP contribution in [0.1, 0.15) is 27.0 Å². The molecule has 5 heteroatoms. The van der Waals surface area contributed by atoms with Gasteiger partial charge in [-0.25, -0.2) is 4.98 Å². The molecule has 2 heterocycles. The van der Waals surface area contributed by atoms with Crippen LogP contribution < -0.4 is 10.1 Å². The van der Waals surface area contributed by atoms with Crippen molar-refractivity contribution in [2.24, 2.45) is 0 Å². The zero-order chi connectivity index (χ0) is 19.3. The molecule has 1 aliphatic heterocycles. The van der Waals surface area contributed by atoms with Crippen molar-refractivity contribution in [2.75, 3.05) is 19.0 Å². The third-order valence-corrected chi connectivity index (χ3v) is 5.06. The van der Waals surface area contributed by atoms with Crippen LogP contribution in [0.4, 0.5) is 5.82 Å². The first-order valence-corrected chi connectivity index (χ1v) is 9.42. The molecule has 3 aromatic rings. The van der Waals surface area contributed by atoms with E-state index in [1.807, 2.05) is 41.3 Å². The summed E-state index contributed by atoms with van der Waals surface area (Å²) in [5.74, 6) is 1.57. The molecule has 0 bridgehead atoms. The van der Waals surface area contributed by atoms with Gasteiger partial charge in [-0.1, -0.05) is 36.4 Å². The maximum Gasteiger partial charge on any atom is 0.254 e. The van der Waals surface area contributed by atoms with Gasteiger partial charge in [0.15, 0.2) is 0 Å².